The molecule has 1 aromatic carbocycles. The first kappa shape index (κ1) is 16.2. The van der Waals surface area contributed by atoms with Gasteiger partial charge < -0.3 is 15.4 Å². The summed E-state index contributed by atoms with van der Waals surface area (Å²) >= 11 is 0. The summed E-state index contributed by atoms with van der Waals surface area (Å²) in [6.07, 6.45) is 0. The molecular weight excluding hydrogens is 236 g/mol. The summed E-state index contributed by atoms with van der Waals surface area (Å²) in [5.74, 6) is 0.969. The Morgan fingerprint density at radius 2 is 2.00 bits per heavy atom. The lowest BCUT2D eigenvalue weighted by molar-refractivity contribution is 0.231. The van der Waals surface area contributed by atoms with Crippen LogP contribution < -0.4 is 10.5 Å². The molecule has 1 rings (SSSR count). The van der Waals surface area contributed by atoms with Crippen molar-refractivity contribution in [2.75, 3.05) is 26.7 Å². The predicted molar refractivity (Wildman–Crippen MR) is 75.1 cm³/mol. The maximum absolute atomic E-state index is 5.72. The van der Waals surface area contributed by atoms with Crippen molar-refractivity contribution < 1.29 is 4.74 Å². The molecule has 0 saturated heterocycles. The maximum Gasteiger partial charge on any atom is 0.122 e. The van der Waals surface area contributed by atoms with Crippen molar-refractivity contribution in [2.24, 2.45) is 5.73 Å². The van der Waals surface area contributed by atoms with E-state index in [4.69, 9.17) is 10.5 Å². The van der Waals surface area contributed by atoms with E-state index in [0.717, 1.165) is 18.8 Å². The van der Waals surface area contributed by atoms with Crippen LogP contribution in [0.15, 0.2) is 24.3 Å². The van der Waals surface area contributed by atoms with Gasteiger partial charge in [0.15, 0.2) is 0 Å². The number of hydrogen-bond donors (Lipinski definition) is 1. The van der Waals surface area contributed by atoms with Gasteiger partial charge in [-0.15, -0.1) is 12.4 Å². The van der Waals surface area contributed by atoms with Gasteiger partial charge in [-0.3, -0.25) is 0 Å². The van der Waals surface area contributed by atoms with Gasteiger partial charge in [-0.05, 0) is 32.5 Å². The average Bonchev–Trinajstić information content (AvgIpc) is 2.19. The SMILES string of the molecule is Cc1ccccc1OCCN(C)CC(C)N.Cl. The molecule has 0 aliphatic rings. The standard InChI is InChI=1S/C13H22N2O.ClH/c1-11-6-4-5-7-13(11)16-9-8-15(3)10-12(2)14;/h4-7,12H,8-10,14H2,1-3H3;1H. The van der Waals surface area contributed by atoms with Crippen molar-refractivity contribution in [3.63, 3.8) is 0 Å². The molecule has 0 amide bonds. The minimum Gasteiger partial charge on any atom is -0.492 e. The third-order valence-corrected chi connectivity index (χ3v) is 2.42. The molecule has 1 aromatic rings. The maximum atomic E-state index is 5.72. The molecular formula is C13H23ClN2O. The Kier molecular flexibility index (Phi) is 7.96. The summed E-state index contributed by atoms with van der Waals surface area (Å²) in [6, 6.07) is 8.28. The molecule has 0 aliphatic carbocycles. The molecule has 4 heteroatoms. The second-order valence-electron chi connectivity index (χ2n) is 4.35. The zero-order valence-corrected chi connectivity index (χ0v) is 11.7. The molecule has 3 nitrogen and oxygen atoms in total. The molecule has 0 heterocycles. The van der Waals surface area contributed by atoms with Crippen molar-refractivity contribution in [3.05, 3.63) is 29.8 Å². The number of benzene rings is 1. The highest BCUT2D eigenvalue weighted by Gasteiger charge is 2.02. The summed E-state index contributed by atoms with van der Waals surface area (Å²) < 4.78 is 5.71. The van der Waals surface area contributed by atoms with Crippen LogP contribution in [0.3, 0.4) is 0 Å². The molecule has 0 bridgehead atoms. The summed E-state index contributed by atoms with van der Waals surface area (Å²) in [6.45, 7) is 6.57. The molecule has 0 fully saturated rings. The van der Waals surface area contributed by atoms with Crippen LogP contribution in [0.25, 0.3) is 0 Å². The lowest BCUT2D eigenvalue weighted by Gasteiger charge is -2.19. The highest BCUT2D eigenvalue weighted by atomic mass is 35.5. The molecule has 1 unspecified atom stereocenters. The number of nitrogens with two attached hydrogens (primary N) is 1. The minimum atomic E-state index is 0. The van der Waals surface area contributed by atoms with Gasteiger partial charge in [0, 0.05) is 19.1 Å². The zero-order chi connectivity index (χ0) is 12.0. The molecule has 2 N–H and O–H groups in total. The summed E-state index contributed by atoms with van der Waals surface area (Å²) in [7, 11) is 2.06. The van der Waals surface area contributed by atoms with Gasteiger partial charge in [0.2, 0.25) is 0 Å². The number of ether oxygens (including phenoxy) is 1. The number of para-hydroxylation sites is 1. The summed E-state index contributed by atoms with van der Waals surface area (Å²) in [4.78, 5) is 2.18. The van der Waals surface area contributed by atoms with Crippen molar-refractivity contribution in [2.45, 2.75) is 19.9 Å². The van der Waals surface area contributed by atoms with E-state index in [1.54, 1.807) is 0 Å². The fourth-order valence-electron chi connectivity index (χ4n) is 1.61. The smallest absolute Gasteiger partial charge is 0.122 e. The van der Waals surface area contributed by atoms with Crippen LogP contribution in [0, 0.1) is 6.92 Å². The molecule has 0 radical (unpaired) electrons. The first-order chi connectivity index (χ1) is 7.59. The number of halogens is 1. The number of hydrogen-bond acceptors (Lipinski definition) is 3. The van der Waals surface area contributed by atoms with Gasteiger partial charge in [-0.2, -0.15) is 0 Å². The van der Waals surface area contributed by atoms with E-state index in [-0.39, 0.29) is 18.4 Å². The van der Waals surface area contributed by atoms with Crippen molar-refractivity contribution in [1.29, 1.82) is 0 Å². The molecule has 0 aromatic heterocycles. The first-order valence-electron chi connectivity index (χ1n) is 5.72. The van der Waals surface area contributed by atoms with E-state index < -0.39 is 0 Å². The van der Waals surface area contributed by atoms with Crippen LogP contribution in [0.2, 0.25) is 0 Å². The summed E-state index contributed by atoms with van der Waals surface area (Å²) in [5.41, 5.74) is 6.90. The third-order valence-electron chi connectivity index (χ3n) is 2.42. The van der Waals surface area contributed by atoms with Gasteiger partial charge >= 0.3 is 0 Å². The minimum absolute atomic E-state index is 0. The molecule has 0 spiro atoms. The third kappa shape index (κ3) is 6.51. The lowest BCUT2D eigenvalue weighted by atomic mass is 10.2. The molecule has 17 heavy (non-hydrogen) atoms. The second kappa shape index (κ2) is 8.34. The Morgan fingerprint density at radius 1 is 1.35 bits per heavy atom. The largest absolute Gasteiger partial charge is 0.492 e. The molecule has 1 atom stereocenters. The average molecular weight is 259 g/mol. The van der Waals surface area contributed by atoms with E-state index in [1.165, 1.54) is 5.56 Å². The van der Waals surface area contributed by atoms with Gasteiger partial charge in [-0.25, -0.2) is 0 Å². The highest BCUT2D eigenvalue weighted by molar-refractivity contribution is 5.85. The molecule has 0 saturated carbocycles. The van der Waals surface area contributed by atoms with Crippen molar-refractivity contribution >= 4 is 12.4 Å². The molecule has 98 valence electrons. The van der Waals surface area contributed by atoms with Gasteiger partial charge in [0.1, 0.15) is 12.4 Å². The van der Waals surface area contributed by atoms with E-state index in [9.17, 15) is 0 Å². The zero-order valence-electron chi connectivity index (χ0n) is 10.8. The van der Waals surface area contributed by atoms with Crippen LogP contribution in [-0.4, -0.2) is 37.7 Å². The van der Waals surface area contributed by atoms with Gasteiger partial charge in [0.25, 0.3) is 0 Å². The van der Waals surface area contributed by atoms with Crippen LogP contribution in [0.5, 0.6) is 5.75 Å². The van der Waals surface area contributed by atoms with Crippen molar-refractivity contribution in [3.8, 4) is 5.75 Å². The first-order valence-corrected chi connectivity index (χ1v) is 5.72. The van der Waals surface area contributed by atoms with Crippen LogP contribution in [0.1, 0.15) is 12.5 Å². The van der Waals surface area contributed by atoms with E-state index in [0.29, 0.717) is 6.61 Å². The number of nitrogens with zero attached hydrogens (tertiary/aromatic N) is 1. The molecule has 0 aliphatic heterocycles. The van der Waals surface area contributed by atoms with Gasteiger partial charge in [0.05, 0.1) is 0 Å². The Hall–Kier alpha value is -0.770. The Balaban J connectivity index is 0.00000256. The van der Waals surface area contributed by atoms with Gasteiger partial charge in [-0.1, -0.05) is 18.2 Å². The fourth-order valence-corrected chi connectivity index (χ4v) is 1.61. The van der Waals surface area contributed by atoms with Crippen LogP contribution in [0.4, 0.5) is 0 Å². The highest BCUT2D eigenvalue weighted by Crippen LogP contribution is 2.15. The Bertz CT molecular complexity index is 318. The topological polar surface area (TPSA) is 38.5 Å². The lowest BCUT2D eigenvalue weighted by Crippen LogP contribution is -2.35. The van der Waals surface area contributed by atoms with Crippen LogP contribution in [-0.2, 0) is 0 Å². The Labute approximate surface area is 110 Å². The van der Waals surface area contributed by atoms with E-state index in [1.807, 2.05) is 25.1 Å². The summed E-state index contributed by atoms with van der Waals surface area (Å²) in [5, 5.41) is 0. The number of likely N-dealkylation sites (N-methyl/N-ethyl adjacent to an activating group) is 1. The normalized spacial score (nSPS) is 12.1. The Morgan fingerprint density at radius 3 is 2.59 bits per heavy atom. The second-order valence-corrected chi connectivity index (χ2v) is 4.35. The fraction of sp³-hybridized carbons (Fsp3) is 0.538. The van der Waals surface area contributed by atoms with Crippen LogP contribution >= 0.6 is 12.4 Å². The number of aryl methyl sites for hydroxylation is 1. The number of rotatable bonds is 6. The van der Waals surface area contributed by atoms with E-state index >= 15 is 0 Å². The monoisotopic (exact) mass is 258 g/mol. The van der Waals surface area contributed by atoms with Crippen molar-refractivity contribution in [1.82, 2.24) is 4.90 Å². The quantitative estimate of drug-likeness (QED) is 0.849. The predicted octanol–water partition coefficient (Wildman–Crippen LogP) is 2.07. The van der Waals surface area contributed by atoms with E-state index in [2.05, 4.69) is 24.9 Å².